The zero-order valence-electron chi connectivity index (χ0n) is 11.8. The van der Waals surface area contributed by atoms with Crippen molar-refractivity contribution in [2.45, 2.75) is 32.3 Å². The Morgan fingerprint density at radius 2 is 2.11 bits per heavy atom. The number of hydrogen-bond donors (Lipinski definition) is 1. The van der Waals surface area contributed by atoms with Gasteiger partial charge in [0.2, 0.25) is 5.88 Å². The molecule has 0 saturated carbocycles. The van der Waals surface area contributed by atoms with E-state index in [1.54, 1.807) is 7.11 Å². The molecule has 5 nitrogen and oxygen atoms in total. The number of nitrogens with zero attached hydrogens (tertiary/aromatic N) is 2. The van der Waals surface area contributed by atoms with E-state index in [-0.39, 0.29) is 0 Å². The molecule has 0 aromatic carbocycles. The summed E-state index contributed by atoms with van der Waals surface area (Å²) in [7, 11) is 1.78. The van der Waals surface area contributed by atoms with Crippen LogP contribution in [0.2, 0.25) is 0 Å². The fourth-order valence-corrected chi connectivity index (χ4v) is 2.25. The predicted octanol–water partition coefficient (Wildman–Crippen LogP) is 2.07. The lowest BCUT2D eigenvalue weighted by molar-refractivity contribution is 0.0818. The quantitative estimate of drug-likeness (QED) is 0.883. The average molecular weight is 265 g/mol. The molecule has 0 unspecified atom stereocenters. The van der Waals surface area contributed by atoms with Gasteiger partial charge in [-0.25, -0.2) is 0 Å². The van der Waals surface area contributed by atoms with Crippen LogP contribution in [0.5, 0.6) is 5.88 Å². The SMILES string of the molecule is CCCOc1nc(N2CCC(OC)CC2)ccc1N. The van der Waals surface area contributed by atoms with Crippen LogP contribution in [0.15, 0.2) is 12.1 Å². The van der Waals surface area contributed by atoms with Gasteiger partial charge in [0, 0.05) is 20.2 Å². The molecule has 0 atom stereocenters. The molecule has 1 aromatic rings. The lowest BCUT2D eigenvalue weighted by Crippen LogP contribution is -2.37. The van der Waals surface area contributed by atoms with E-state index < -0.39 is 0 Å². The summed E-state index contributed by atoms with van der Waals surface area (Å²) in [4.78, 5) is 6.78. The maximum atomic E-state index is 5.88. The van der Waals surface area contributed by atoms with E-state index in [1.165, 1.54) is 0 Å². The fourth-order valence-electron chi connectivity index (χ4n) is 2.25. The second-order valence-corrected chi connectivity index (χ2v) is 4.83. The first kappa shape index (κ1) is 13.9. The molecule has 1 fully saturated rings. The number of piperidine rings is 1. The van der Waals surface area contributed by atoms with Gasteiger partial charge in [0.1, 0.15) is 5.82 Å². The van der Waals surface area contributed by atoms with Gasteiger partial charge < -0.3 is 20.1 Å². The Bertz CT molecular complexity index is 404. The summed E-state index contributed by atoms with van der Waals surface area (Å²) in [6.45, 7) is 4.63. The van der Waals surface area contributed by atoms with E-state index in [0.717, 1.165) is 38.2 Å². The van der Waals surface area contributed by atoms with Crippen LogP contribution in [0.3, 0.4) is 0 Å². The highest BCUT2D eigenvalue weighted by molar-refractivity contribution is 5.54. The van der Waals surface area contributed by atoms with Crippen LogP contribution in [0.1, 0.15) is 26.2 Å². The van der Waals surface area contributed by atoms with Crippen molar-refractivity contribution in [1.82, 2.24) is 4.98 Å². The third-order valence-corrected chi connectivity index (χ3v) is 3.42. The van der Waals surface area contributed by atoms with Crippen molar-refractivity contribution in [3.05, 3.63) is 12.1 Å². The number of nitrogens with two attached hydrogens (primary N) is 1. The van der Waals surface area contributed by atoms with Gasteiger partial charge in [-0.15, -0.1) is 0 Å². The first-order chi connectivity index (χ1) is 9.24. The Hall–Kier alpha value is -1.49. The molecule has 1 aromatic heterocycles. The van der Waals surface area contributed by atoms with Gasteiger partial charge in [-0.05, 0) is 31.4 Å². The van der Waals surface area contributed by atoms with Gasteiger partial charge in [-0.2, -0.15) is 4.98 Å². The molecule has 0 bridgehead atoms. The molecule has 106 valence electrons. The van der Waals surface area contributed by atoms with Crippen LogP contribution in [-0.2, 0) is 4.74 Å². The first-order valence-corrected chi connectivity index (χ1v) is 6.91. The van der Waals surface area contributed by atoms with E-state index in [9.17, 15) is 0 Å². The van der Waals surface area contributed by atoms with Crippen LogP contribution in [0, 0.1) is 0 Å². The molecule has 2 N–H and O–H groups in total. The number of hydrogen-bond acceptors (Lipinski definition) is 5. The van der Waals surface area contributed by atoms with E-state index in [4.69, 9.17) is 15.2 Å². The maximum Gasteiger partial charge on any atom is 0.239 e. The number of methoxy groups -OCH3 is 1. The largest absolute Gasteiger partial charge is 0.476 e. The van der Waals surface area contributed by atoms with Crippen molar-refractivity contribution in [1.29, 1.82) is 0 Å². The first-order valence-electron chi connectivity index (χ1n) is 6.91. The van der Waals surface area contributed by atoms with Crippen LogP contribution in [-0.4, -0.2) is 37.9 Å². The molecule has 1 saturated heterocycles. The summed E-state index contributed by atoms with van der Waals surface area (Å²) in [6.07, 6.45) is 3.40. The normalized spacial score (nSPS) is 16.6. The summed E-state index contributed by atoms with van der Waals surface area (Å²) in [5, 5.41) is 0. The monoisotopic (exact) mass is 265 g/mol. The Balaban J connectivity index is 2.04. The predicted molar refractivity (Wildman–Crippen MR) is 76.7 cm³/mol. The molecule has 1 aliphatic heterocycles. The molecule has 5 heteroatoms. The molecule has 1 aliphatic rings. The van der Waals surface area contributed by atoms with Crippen molar-refractivity contribution in [3.63, 3.8) is 0 Å². The van der Waals surface area contributed by atoms with E-state index in [1.807, 2.05) is 12.1 Å². The van der Waals surface area contributed by atoms with Crippen molar-refractivity contribution < 1.29 is 9.47 Å². The molecule has 0 radical (unpaired) electrons. The smallest absolute Gasteiger partial charge is 0.239 e. The second-order valence-electron chi connectivity index (χ2n) is 4.83. The Morgan fingerprint density at radius 3 is 2.74 bits per heavy atom. The lowest BCUT2D eigenvalue weighted by atomic mass is 10.1. The van der Waals surface area contributed by atoms with Crippen LogP contribution >= 0.6 is 0 Å². The number of anilines is 2. The van der Waals surface area contributed by atoms with Gasteiger partial charge in [-0.1, -0.05) is 6.92 Å². The number of pyridine rings is 1. The molecular weight excluding hydrogens is 242 g/mol. The summed E-state index contributed by atoms with van der Waals surface area (Å²) in [6, 6.07) is 3.83. The van der Waals surface area contributed by atoms with Gasteiger partial charge in [-0.3, -0.25) is 0 Å². The van der Waals surface area contributed by atoms with Gasteiger partial charge in [0.15, 0.2) is 0 Å². The summed E-state index contributed by atoms with van der Waals surface area (Å²) < 4.78 is 11.0. The minimum absolute atomic E-state index is 0.376. The maximum absolute atomic E-state index is 5.88. The number of nitrogen functional groups attached to an aromatic ring is 1. The Kier molecular flexibility index (Phi) is 4.85. The molecule has 0 aliphatic carbocycles. The Morgan fingerprint density at radius 1 is 1.37 bits per heavy atom. The Labute approximate surface area is 114 Å². The van der Waals surface area contributed by atoms with Gasteiger partial charge >= 0.3 is 0 Å². The minimum Gasteiger partial charge on any atom is -0.476 e. The average Bonchev–Trinajstić information content (AvgIpc) is 2.46. The molecular formula is C14H23N3O2. The minimum atomic E-state index is 0.376. The standard InChI is InChI=1S/C14H23N3O2/c1-3-10-19-14-12(15)4-5-13(16-14)17-8-6-11(18-2)7-9-17/h4-5,11H,3,6-10,15H2,1-2H3. The second kappa shape index (κ2) is 6.61. The van der Waals surface area contributed by atoms with Crippen molar-refractivity contribution in [2.24, 2.45) is 0 Å². The molecule has 2 heterocycles. The van der Waals surface area contributed by atoms with E-state index in [0.29, 0.717) is 24.3 Å². The van der Waals surface area contributed by atoms with Crippen LogP contribution in [0.4, 0.5) is 11.5 Å². The van der Waals surface area contributed by atoms with Crippen molar-refractivity contribution in [3.8, 4) is 5.88 Å². The highest BCUT2D eigenvalue weighted by Crippen LogP contribution is 2.25. The van der Waals surface area contributed by atoms with Gasteiger partial charge in [0.05, 0.1) is 18.4 Å². The molecule has 0 amide bonds. The summed E-state index contributed by atoms with van der Waals surface area (Å²) >= 11 is 0. The van der Waals surface area contributed by atoms with Crippen molar-refractivity contribution in [2.75, 3.05) is 37.4 Å². The third-order valence-electron chi connectivity index (χ3n) is 3.42. The molecule has 2 rings (SSSR count). The zero-order chi connectivity index (χ0) is 13.7. The van der Waals surface area contributed by atoms with Crippen LogP contribution < -0.4 is 15.4 Å². The third kappa shape index (κ3) is 3.50. The number of rotatable bonds is 5. The zero-order valence-corrected chi connectivity index (χ0v) is 11.8. The lowest BCUT2D eigenvalue weighted by Gasteiger charge is -2.32. The van der Waals surface area contributed by atoms with E-state index in [2.05, 4.69) is 16.8 Å². The summed E-state index contributed by atoms with van der Waals surface area (Å²) in [5.41, 5.74) is 6.48. The highest BCUT2D eigenvalue weighted by atomic mass is 16.5. The fraction of sp³-hybridized carbons (Fsp3) is 0.643. The number of ether oxygens (including phenoxy) is 2. The van der Waals surface area contributed by atoms with Gasteiger partial charge in [0.25, 0.3) is 0 Å². The van der Waals surface area contributed by atoms with Crippen molar-refractivity contribution >= 4 is 11.5 Å². The van der Waals surface area contributed by atoms with Crippen LogP contribution in [0.25, 0.3) is 0 Å². The summed E-state index contributed by atoms with van der Waals surface area (Å²) in [5.74, 6) is 1.49. The molecule has 0 spiro atoms. The topological polar surface area (TPSA) is 60.6 Å². The van der Waals surface area contributed by atoms with E-state index >= 15 is 0 Å². The molecule has 19 heavy (non-hydrogen) atoms. The highest BCUT2D eigenvalue weighted by Gasteiger charge is 2.20. The number of aromatic nitrogens is 1.